The van der Waals surface area contributed by atoms with Gasteiger partial charge in [-0.2, -0.15) is 5.26 Å². The van der Waals surface area contributed by atoms with Crippen molar-refractivity contribution in [2.24, 2.45) is 7.05 Å². The van der Waals surface area contributed by atoms with Crippen molar-refractivity contribution in [3.05, 3.63) is 58.1 Å². The Bertz CT molecular complexity index is 884. The van der Waals surface area contributed by atoms with Gasteiger partial charge in [-0.15, -0.1) is 0 Å². The van der Waals surface area contributed by atoms with E-state index in [9.17, 15) is 9.59 Å². The summed E-state index contributed by atoms with van der Waals surface area (Å²) in [6.45, 7) is 1.28. The molecule has 1 aromatic carbocycles. The summed E-state index contributed by atoms with van der Waals surface area (Å²) < 4.78 is 1.50. The first kappa shape index (κ1) is 16.7. The van der Waals surface area contributed by atoms with E-state index >= 15 is 0 Å². The molecular formula is C18H19N5O2. The highest BCUT2D eigenvalue weighted by atomic mass is 16.2. The lowest BCUT2D eigenvalue weighted by Crippen LogP contribution is -2.49. The van der Waals surface area contributed by atoms with Crippen molar-refractivity contribution in [3.8, 4) is 6.07 Å². The van der Waals surface area contributed by atoms with Crippen molar-refractivity contribution >= 4 is 11.7 Å². The van der Waals surface area contributed by atoms with E-state index < -0.39 is 0 Å². The number of hydrogen-bond acceptors (Lipinski definition) is 5. The van der Waals surface area contributed by atoms with Crippen LogP contribution in [0.1, 0.15) is 28.8 Å². The van der Waals surface area contributed by atoms with Crippen LogP contribution < -0.4 is 15.8 Å². The number of carbonyl (C=O) groups is 1. The molecule has 1 fully saturated rings. The van der Waals surface area contributed by atoms with Crippen molar-refractivity contribution in [3.63, 3.8) is 0 Å². The standard InChI is InChI=1S/C18H19N5O2/c1-22-9-7-20-16(18(22)25)23-8-3-6-15(12-23)21-17(24)14-5-2-4-13(10-14)11-19/h2,4-5,7,9-10,15H,3,6,8,12H2,1H3,(H,21,24). The van der Waals surface area contributed by atoms with Crippen LogP contribution in [0.2, 0.25) is 0 Å². The van der Waals surface area contributed by atoms with E-state index in [1.807, 2.05) is 11.0 Å². The first-order valence-electron chi connectivity index (χ1n) is 8.16. The van der Waals surface area contributed by atoms with Gasteiger partial charge < -0.3 is 14.8 Å². The van der Waals surface area contributed by atoms with E-state index in [-0.39, 0.29) is 17.5 Å². The van der Waals surface area contributed by atoms with Gasteiger partial charge in [-0.05, 0) is 31.0 Å². The zero-order chi connectivity index (χ0) is 17.8. The molecule has 0 radical (unpaired) electrons. The maximum atomic E-state index is 12.4. The summed E-state index contributed by atoms with van der Waals surface area (Å²) in [7, 11) is 1.69. The molecular weight excluding hydrogens is 318 g/mol. The highest BCUT2D eigenvalue weighted by molar-refractivity contribution is 5.94. The largest absolute Gasteiger partial charge is 0.350 e. The molecule has 2 aromatic rings. The van der Waals surface area contributed by atoms with Crippen molar-refractivity contribution < 1.29 is 4.79 Å². The minimum atomic E-state index is -0.210. The topological polar surface area (TPSA) is 91.0 Å². The molecule has 7 heteroatoms. The van der Waals surface area contributed by atoms with E-state index in [1.165, 1.54) is 4.57 Å². The summed E-state index contributed by atoms with van der Waals surface area (Å²) in [6, 6.07) is 8.58. The van der Waals surface area contributed by atoms with Crippen LogP contribution in [-0.4, -0.2) is 34.6 Å². The number of amides is 1. The van der Waals surface area contributed by atoms with Gasteiger partial charge >= 0.3 is 0 Å². The second-order valence-electron chi connectivity index (χ2n) is 6.12. The highest BCUT2D eigenvalue weighted by Crippen LogP contribution is 2.15. The molecule has 1 aromatic heterocycles. The van der Waals surface area contributed by atoms with Crippen molar-refractivity contribution in [2.75, 3.05) is 18.0 Å². The van der Waals surface area contributed by atoms with E-state index in [2.05, 4.69) is 10.3 Å². The van der Waals surface area contributed by atoms with Crippen LogP contribution in [0.4, 0.5) is 5.82 Å². The quantitative estimate of drug-likeness (QED) is 0.904. The Morgan fingerprint density at radius 1 is 1.44 bits per heavy atom. The van der Waals surface area contributed by atoms with Crippen molar-refractivity contribution in [1.29, 1.82) is 5.26 Å². The SMILES string of the molecule is Cn1ccnc(N2CCCC(NC(=O)c3cccc(C#N)c3)C2)c1=O. The second kappa shape index (κ2) is 7.18. The maximum absolute atomic E-state index is 12.4. The molecule has 1 N–H and O–H groups in total. The summed E-state index contributed by atoms with van der Waals surface area (Å²) in [6.07, 6.45) is 4.93. The molecule has 25 heavy (non-hydrogen) atoms. The van der Waals surface area contributed by atoms with E-state index in [4.69, 9.17) is 5.26 Å². The lowest BCUT2D eigenvalue weighted by molar-refractivity contribution is 0.0933. The Morgan fingerprint density at radius 2 is 2.28 bits per heavy atom. The van der Waals surface area contributed by atoms with Gasteiger partial charge in [0.15, 0.2) is 5.82 Å². The normalized spacial score (nSPS) is 17.0. The molecule has 1 unspecified atom stereocenters. The Kier molecular flexibility index (Phi) is 4.80. The minimum Gasteiger partial charge on any atom is -0.350 e. The third kappa shape index (κ3) is 3.69. The molecule has 7 nitrogen and oxygen atoms in total. The lowest BCUT2D eigenvalue weighted by Gasteiger charge is -2.33. The summed E-state index contributed by atoms with van der Waals surface area (Å²) in [5.74, 6) is 0.202. The fourth-order valence-corrected chi connectivity index (χ4v) is 2.99. The van der Waals surface area contributed by atoms with E-state index in [0.29, 0.717) is 23.5 Å². The Balaban J connectivity index is 1.71. The monoisotopic (exact) mass is 337 g/mol. The van der Waals surface area contributed by atoms with E-state index in [1.54, 1.807) is 43.7 Å². The molecule has 2 heterocycles. The van der Waals surface area contributed by atoms with Crippen LogP contribution in [0.5, 0.6) is 0 Å². The number of carbonyl (C=O) groups excluding carboxylic acids is 1. The van der Waals surface area contributed by atoms with Gasteiger partial charge in [0.05, 0.1) is 11.6 Å². The Morgan fingerprint density at radius 3 is 3.08 bits per heavy atom. The number of nitriles is 1. The number of piperidine rings is 1. The van der Waals surface area contributed by atoms with Gasteiger partial charge in [-0.3, -0.25) is 9.59 Å². The van der Waals surface area contributed by atoms with Crippen LogP contribution in [0, 0.1) is 11.3 Å². The first-order valence-corrected chi connectivity index (χ1v) is 8.16. The molecule has 0 aliphatic carbocycles. The summed E-state index contributed by atoms with van der Waals surface area (Å²) >= 11 is 0. The van der Waals surface area contributed by atoms with Gasteiger partial charge in [0, 0.05) is 44.1 Å². The molecule has 1 amide bonds. The van der Waals surface area contributed by atoms with Crippen LogP contribution in [0.15, 0.2) is 41.5 Å². The predicted molar refractivity (Wildman–Crippen MR) is 93.3 cm³/mol. The molecule has 0 saturated carbocycles. The van der Waals surface area contributed by atoms with Gasteiger partial charge in [-0.25, -0.2) is 4.98 Å². The lowest BCUT2D eigenvalue weighted by atomic mass is 10.0. The Hall–Kier alpha value is -3.14. The molecule has 1 saturated heterocycles. The van der Waals surface area contributed by atoms with E-state index in [0.717, 1.165) is 19.4 Å². The predicted octanol–water partition coefficient (Wildman–Crippen LogP) is 1.05. The summed E-state index contributed by atoms with van der Waals surface area (Å²) in [4.78, 5) is 30.8. The number of anilines is 1. The molecule has 0 bridgehead atoms. The molecule has 1 aliphatic heterocycles. The average Bonchev–Trinajstić information content (AvgIpc) is 2.64. The zero-order valence-electron chi connectivity index (χ0n) is 14.0. The van der Waals surface area contributed by atoms with Crippen molar-refractivity contribution in [2.45, 2.75) is 18.9 Å². The fourth-order valence-electron chi connectivity index (χ4n) is 2.99. The third-order valence-electron chi connectivity index (χ3n) is 4.31. The van der Waals surface area contributed by atoms with Crippen LogP contribution in [0.25, 0.3) is 0 Å². The number of rotatable bonds is 3. The molecule has 1 atom stereocenters. The van der Waals surface area contributed by atoms with Gasteiger partial charge in [-0.1, -0.05) is 6.07 Å². The molecule has 128 valence electrons. The van der Waals surface area contributed by atoms with Crippen molar-refractivity contribution in [1.82, 2.24) is 14.9 Å². The van der Waals surface area contributed by atoms with Gasteiger partial charge in [0.1, 0.15) is 0 Å². The third-order valence-corrected chi connectivity index (χ3v) is 4.31. The Labute approximate surface area is 145 Å². The first-order chi connectivity index (χ1) is 12.1. The number of nitrogens with zero attached hydrogens (tertiary/aromatic N) is 4. The van der Waals surface area contributed by atoms with Crippen LogP contribution >= 0.6 is 0 Å². The van der Waals surface area contributed by atoms with Gasteiger partial charge in [0.2, 0.25) is 0 Å². The molecule has 0 spiro atoms. The number of nitrogens with one attached hydrogen (secondary N) is 1. The number of aromatic nitrogens is 2. The second-order valence-corrected chi connectivity index (χ2v) is 6.12. The van der Waals surface area contributed by atoms with Crippen LogP contribution in [-0.2, 0) is 7.05 Å². The van der Waals surface area contributed by atoms with Crippen LogP contribution in [0.3, 0.4) is 0 Å². The fraction of sp³-hybridized carbons (Fsp3) is 0.333. The number of aryl methyl sites for hydroxylation is 1. The zero-order valence-corrected chi connectivity index (χ0v) is 14.0. The summed E-state index contributed by atoms with van der Waals surface area (Å²) in [5.41, 5.74) is 0.774. The van der Waals surface area contributed by atoms with Gasteiger partial charge in [0.25, 0.3) is 11.5 Å². The highest BCUT2D eigenvalue weighted by Gasteiger charge is 2.24. The average molecular weight is 337 g/mol. The number of hydrogen-bond donors (Lipinski definition) is 1. The summed E-state index contributed by atoms with van der Waals surface area (Å²) in [5, 5.41) is 11.9. The molecule has 1 aliphatic rings. The number of benzene rings is 1. The minimum absolute atomic E-state index is 0.0706. The maximum Gasteiger partial charge on any atom is 0.293 e. The molecule has 3 rings (SSSR count). The smallest absolute Gasteiger partial charge is 0.293 e.